The van der Waals surface area contributed by atoms with Crippen molar-refractivity contribution in [2.45, 2.75) is 50.8 Å². The summed E-state index contributed by atoms with van der Waals surface area (Å²) in [5.41, 5.74) is 1.06. The molecule has 1 aliphatic rings. The monoisotopic (exact) mass is 353 g/mol. The topological polar surface area (TPSA) is 63.7 Å². The van der Waals surface area contributed by atoms with Crippen LogP contribution in [0, 0.1) is 5.92 Å². The lowest BCUT2D eigenvalue weighted by Gasteiger charge is -2.30. The molecule has 0 unspecified atom stereocenters. The Morgan fingerprint density at radius 1 is 1.25 bits per heavy atom. The average Bonchev–Trinajstić information content (AvgIpc) is 2.54. The summed E-state index contributed by atoms with van der Waals surface area (Å²) in [6.45, 7) is 8.98. The number of esters is 1. The number of rotatable bonds is 4. The fourth-order valence-electron chi connectivity index (χ4n) is 2.89. The van der Waals surface area contributed by atoms with Gasteiger partial charge in [-0.2, -0.15) is 4.31 Å². The van der Waals surface area contributed by atoms with Crippen molar-refractivity contribution in [3.63, 3.8) is 0 Å². The van der Waals surface area contributed by atoms with Gasteiger partial charge >= 0.3 is 5.97 Å². The number of piperidine rings is 1. The van der Waals surface area contributed by atoms with Gasteiger partial charge in [0.2, 0.25) is 10.0 Å². The molecule has 2 rings (SSSR count). The molecule has 0 N–H and O–H groups in total. The van der Waals surface area contributed by atoms with Gasteiger partial charge in [-0.3, -0.25) is 4.79 Å². The number of nitrogens with zero attached hydrogens (tertiary/aromatic N) is 1. The molecule has 0 aromatic heterocycles. The second-order valence-corrected chi connectivity index (χ2v) is 9.17. The summed E-state index contributed by atoms with van der Waals surface area (Å²) in [6, 6.07) is 7.03. The highest BCUT2D eigenvalue weighted by Crippen LogP contribution is 2.27. The first kappa shape index (κ1) is 18.9. The number of benzene rings is 1. The summed E-state index contributed by atoms with van der Waals surface area (Å²) in [7, 11) is -3.58. The lowest BCUT2D eigenvalue weighted by atomic mass is 9.87. The minimum atomic E-state index is -3.58. The summed E-state index contributed by atoms with van der Waals surface area (Å²) in [5.74, 6) is -0.678. The van der Waals surface area contributed by atoms with Gasteiger partial charge in [-0.25, -0.2) is 8.42 Å². The van der Waals surface area contributed by atoms with E-state index in [-0.39, 0.29) is 28.7 Å². The van der Waals surface area contributed by atoms with Crippen LogP contribution in [-0.2, 0) is 25.0 Å². The van der Waals surface area contributed by atoms with Gasteiger partial charge in [-0.05, 0) is 42.9 Å². The molecule has 0 amide bonds. The number of hydrogen-bond donors (Lipinski definition) is 0. The Kier molecular flexibility index (Phi) is 5.71. The summed E-state index contributed by atoms with van der Waals surface area (Å²) in [4.78, 5) is 12.2. The van der Waals surface area contributed by atoms with Crippen molar-refractivity contribution in [3.05, 3.63) is 29.8 Å². The number of carbonyl (C=O) groups excluding carboxylic acids is 1. The minimum Gasteiger partial charge on any atom is -0.466 e. The molecule has 1 aromatic rings. The first-order valence-electron chi connectivity index (χ1n) is 8.43. The molecule has 0 saturated carbocycles. The summed E-state index contributed by atoms with van der Waals surface area (Å²) in [5, 5.41) is 0. The van der Waals surface area contributed by atoms with Gasteiger partial charge in [0, 0.05) is 13.1 Å². The van der Waals surface area contributed by atoms with Gasteiger partial charge < -0.3 is 4.74 Å². The van der Waals surface area contributed by atoms with Gasteiger partial charge in [-0.15, -0.1) is 0 Å². The maximum absolute atomic E-state index is 12.8. The van der Waals surface area contributed by atoms with Crippen LogP contribution in [-0.4, -0.2) is 38.4 Å². The first-order chi connectivity index (χ1) is 11.2. The van der Waals surface area contributed by atoms with E-state index in [9.17, 15) is 13.2 Å². The minimum absolute atomic E-state index is 0.0254. The van der Waals surface area contributed by atoms with Crippen LogP contribution in [0.2, 0.25) is 0 Å². The van der Waals surface area contributed by atoms with Crippen LogP contribution < -0.4 is 0 Å². The lowest BCUT2D eigenvalue weighted by molar-refractivity contribution is -0.149. The average molecular weight is 353 g/mol. The number of hydrogen-bond acceptors (Lipinski definition) is 4. The van der Waals surface area contributed by atoms with E-state index >= 15 is 0 Å². The standard InChI is InChI=1S/C18H27NO4S/c1-5-23-17(20)14-7-6-12-19(13-14)24(21,22)16-10-8-15(9-11-16)18(2,3)4/h8-11,14H,5-7,12-13H2,1-4H3/t14-/m0/s1. The summed E-state index contributed by atoms with van der Waals surface area (Å²) in [6.07, 6.45) is 1.34. The van der Waals surface area contributed by atoms with E-state index in [0.29, 0.717) is 26.0 Å². The normalized spacial score (nSPS) is 19.9. The third-order valence-electron chi connectivity index (χ3n) is 4.36. The molecule has 0 spiro atoms. The summed E-state index contributed by atoms with van der Waals surface area (Å²) >= 11 is 0. The molecular formula is C18H27NO4S. The highest BCUT2D eigenvalue weighted by molar-refractivity contribution is 7.89. The third-order valence-corrected chi connectivity index (χ3v) is 6.24. The molecule has 1 heterocycles. The maximum atomic E-state index is 12.8. The van der Waals surface area contributed by atoms with Crippen LogP contribution in [0.1, 0.15) is 46.1 Å². The van der Waals surface area contributed by atoms with Gasteiger partial charge in [-0.1, -0.05) is 32.9 Å². The van der Waals surface area contributed by atoms with E-state index in [2.05, 4.69) is 20.8 Å². The van der Waals surface area contributed by atoms with Gasteiger partial charge in [0.05, 0.1) is 17.4 Å². The Hall–Kier alpha value is -1.40. The number of ether oxygens (including phenoxy) is 1. The molecule has 0 radical (unpaired) electrons. The van der Waals surface area contributed by atoms with Crippen LogP contribution in [0.5, 0.6) is 0 Å². The molecular weight excluding hydrogens is 326 g/mol. The number of sulfonamides is 1. The molecule has 0 bridgehead atoms. The Morgan fingerprint density at radius 3 is 2.42 bits per heavy atom. The zero-order valence-corrected chi connectivity index (χ0v) is 15.7. The second kappa shape index (κ2) is 7.23. The Labute approximate surface area is 145 Å². The van der Waals surface area contributed by atoms with E-state index < -0.39 is 10.0 Å². The highest BCUT2D eigenvalue weighted by atomic mass is 32.2. The lowest BCUT2D eigenvalue weighted by Crippen LogP contribution is -2.42. The Morgan fingerprint density at radius 2 is 1.88 bits per heavy atom. The van der Waals surface area contributed by atoms with E-state index in [4.69, 9.17) is 4.74 Å². The predicted octanol–water partition coefficient (Wildman–Crippen LogP) is 2.95. The zero-order valence-electron chi connectivity index (χ0n) is 14.9. The van der Waals surface area contributed by atoms with Crippen molar-refractivity contribution >= 4 is 16.0 Å². The Bertz CT molecular complexity index is 674. The molecule has 134 valence electrons. The number of carbonyl (C=O) groups is 1. The second-order valence-electron chi connectivity index (χ2n) is 7.23. The van der Waals surface area contributed by atoms with Crippen molar-refractivity contribution in [1.29, 1.82) is 0 Å². The predicted molar refractivity (Wildman–Crippen MR) is 93.3 cm³/mol. The van der Waals surface area contributed by atoms with Crippen LogP contribution >= 0.6 is 0 Å². The molecule has 0 aliphatic carbocycles. The van der Waals surface area contributed by atoms with Crippen LogP contribution in [0.4, 0.5) is 0 Å². The van der Waals surface area contributed by atoms with Crippen molar-refractivity contribution in [2.24, 2.45) is 5.92 Å². The van der Waals surface area contributed by atoms with Crippen LogP contribution in [0.3, 0.4) is 0 Å². The fraction of sp³-hybridized carbons (Fsp3) is 0.611. The quantitative estimate of drug-likeness (QED) is 0.781. The molecule has 1 aromatic carbocycles. The molecule has 5 nitrogen and oxygen atoms in total. The molecule has 1 saturated heterocycles. The van der Waals surface area contributed by atoms with Crippen LogP contribution in [0.25, 0.3) is 0 Å². The largest absolute Gasteiger partial charge is 0.466 e. The molecule has 1 fully saturated rings. The van der Waals surface area contributed by atoms with Gasteiger partial charge in [0.25, 0.3) is 0 Å². The van der Waals surface area contributed by atoms with E-state index in [0.717, 1.165) is 5.56 Å². The molecule has 1 atom stereocenters. The van der Waals surface area contributed by atoms with Crippen molar-refractivity contribution in [3.8, 4) is 0 Å². The molecule has 24 heavy (non-hydrogen) atoms. The van der Waals surface area contributed by atoms with E-state index in [1.54, 1.807) is 19.1 Å². The third kappa shape index (κ3) is 4.16. The maximum Gasteiger partial charge on any atom is 0.310 e. The van der Waals surface area contributed by atoms with E-state index in [1.165, 1.54) is 4.31 Å². The van der Waals surface area contributed by atoms with Crippen LogP contribution in [0.15, 0.2) is 29.2 Å². The fourth-order valence-corrected chi connectivity index (χ4v) is 4.41. The molecule has 1 aliphatic heterocycles. The van der Waals surface area contributed by atoms with Gasteiger partial charge in [0.15, 0.2) is 0 Å². The SMILES string of the molecule is CCOC(=O)[C@H]1CCCN(S(=O)(=O)c2ccc(C(C)(C)C)cc2)C1. The van der Waals surface area contributed by atoms with Gasteiger partial charge in [0.1, 0.15) is 0 Å². The smallest absolute Gasteiger partial charge is 0.310 e. The van der Waals surface area contributed by atoms with Crippen molar-refractivity contribution in [2.75, 3.05) is 19.7 Å². The highest BCUT2D eigenvalue weighted by Gasteiger charge is 2.34. The van der Waals surface area contributed by atoms with E-state index in [1.807, 2.05) is 12.1 Å². The van der Waals surface area contributed by atoms with Crippen molar-refractivity contribution < 1.29 is 17.9 Å². The zero-order chi connectivity index (χ0) is 18.0. The first-order valence-corrected chi connectivity index (χ1v) is 9.87. The molecule has 6 heteroatoms. The van der Waals surface area contributed by atoms with Crippen molar-refractivity contribution in [1.82, 2.24) is 4.31 Å². The summed E-state index contributed by atoms with van der Waals surface area (Å²) < 4.78 is 32.1. The Balaban J connectivity index is 2.19.